The van der Waals surface area contributed by atoms with Crippen LogP contribution in [0.2, 0.25) is 0 Å². The molecule has 1 aromatic heterocycles. The van der Waals surface area contributed by atoms with Crippen LogP contribution in [-0.2, 0) is 21.4 Å². The van der Waals surface area contributed by atoms with Gasteiger partial charge in [0.25, 0.3) is 5.91 Å². The molecule has 7 nitrogen and oxygen atoms in total. The number of rotatable bonds is 8. The Balaban J connectivity index is 1.81. The number of hydrogen-bond acceptors (Lipinski definition) is 5. The van der Waals surface area contributed by atoms with Crippen LogP contribution in [0.4, 0.5) is 0 Å². The molecule has 2 rings (SSSR count). The number of thiophene rings is 1. The van der Waals surface area contributed by atoms with E-state index in [4.69, 9.17) is 0 Å². The lowest BCUT2D eigenvalue weighted by atomic mass is 10.2. The third-order valence-corrected chi connectivity index (χ3v) is 6.19. The van der Waals surface area contributed by atoms with Crippen LogP contribution in [-0.4, -0.2) is 33.3 Å². The zero-order chi connectivity index (χ0) is 18.3. The largest absolute Gasteiger partial charge is 0.351 e. The van der Waals surface area contributed by atoms with Gasteiger partial charge in [-0.3, -0.25) is 9.59 Å². The molecule has 25 heavy (non-hydrogen) atoms. The second kappa shape index (κ2) is 8.75. The van der Waals surface area contributed by atoms with Crippen molar-refractivity contribution in [1.29, 1.82) is 0 Å². The Morgan fingerprint density at radius 3 is 2.40 bits per heavy atom. The van der Waals surface area contributed by atoms with Crippen molar-refractivity contribution >= 4 is 33.2 Å². The molecule has 9 heteroatoms. The number of carbonyl (C=O) groups excluding carboxylic acids is 2. The van der Waals surface area contributed by atoms with Crippen LogP contribution >= 0.6 is 11.3 Å². The van der Waals surface area contributed by atoms with E-state index in [0.717, 1.165) is 16.2 Å². The number of benzene rings is 1. The van der Waals surface area contributed by atoms with Crippen LogP contribution in [0.1, 0.15) is 22.2 Å². The van der Waals surface area contributed by atoms with Crippen molar-refractivity contribution in [2.75, 3.05) is 13.1 Å². The van der Waals surface area contributed by atoms with E-state index in [2.05, 4.69) is 15.4 Å². The molecule has 0 unspecified atom stereocenters. The van der Waals surface area contributed by atoms with Gasteiger partial charge in [-0.05, 0) is 24.3 Å². The normalized spacial score (nSPS) is 11.1. The maximum atomic E-state index is 12.2. The van der Waals surface area contributed by atoms with Crippen LogP contribution in [0, 0.1) is 0 Å². The zero-order valence-corrected chi connectivity index (χ0v) is 15.2. The number of hydrogen-bond donors (Lipinski definition) is 3. The lowest BCUT2D eigenvalue weighted by Crippen LogP contribution is -2.34. The summed E-state index contributed by atoms with van der Waals surface area (Å²) in [4.78, 5) is 23.5. The molecule has 1 heterocycles. The maximum Gasteiger partial charge on any atom is 0.251 e. The Hall–Kier alpha value is -2.23. The van der Waals surface area contributed by atoms with Gasteiger partial charge in [-0.25, -0.2) is 13.1 Å². The lowest BCUT2D eigenvalue weighted by molar-refractivity contribution is -0.119. The number of amides is 2. The summed E-state index contributed by atoms with van der Waals surface area (Å²) in [5.74, 6) is -0.432. The fourth-order valence-electron chi connectivity index (χ4n) is 1.93. The molecule has 2 amide bonds. The molecule has 0 atom stereocenters. The van der Waals surface area contributed by atoms with Gasteiger partial charge in [0.05, 0.1) is 6.54 Å². The first-order valence-corrected chi connectivity index (χ1v) is 9.84. The minimum absolute atomic E-state index is 0.0832. The summed E-state index contributed by atoms with van der Waals surface area (Å²) in [7, 11) is -3.64. The molecule has 0 saturated heterocycles. The first-order valence-electron chi connectivity index (χ1n) is 7.54. The highest BCUT2D eigenvalue weighted by Crippen LogP contribution is 2.21. The SMILES string of the molecule is CC(=O)NCc1ccc(S(=O)(=O)NCCNC(=O)c2ccccc2)s1. The van der Waals surface area contributed by atoms with Gasteiger partial charge in [0.1, 0.15) is 4.21 Å². The van der Waals surface area contributed by atoms with Gasteiger partial charge in [0.15, 0.2) is 0 Å². The third kappa shape index (κ3) is 5.96. The van der Waals surface area contributed by atoms with Gasteiger partial charge >= 0.3 is 0 Å². The number of nitrogens with one attached hydrogen (secondary N) is 3. The van der Waals surface area contributed by atoms with Crippen molar-refractivity contribution in [3.8, 4) is 0 Å². The highest BCUT2D eigenvalue weighted by Gasteiger charge is 2.16. The van der Waals surface area contributed by atoms with Gasteiger partial charge in [-0.2, -0.15) is 0 Å². The predicted octanol–water partition coefficient (Wildman–Crippen LogP) is 1.09. The smallest absolute Gasteiger partial charge is 0.251 e. The van der Waals surface area contributed by atoms with Crippen LogP contribution in [0.5, 0.6) is 0 Å². The summed E-state index contributed by atoms with van der Waals surface area (Å²) in [6, 6.07) is 11.8. The molecule has 0 spiro atoms. The van der Waals surface area contributed by atoms with Crippen molar-refractivity contribution < 1.29 is 18.0 Å². The standard InChI is InChI=1S/C16H19N3O4S2/c1-12(20)18-11-14-7-8-15(24-14)25(22,23)19-10-9-17-16(21)13-5-3-2-4-6-13/h2-8,19H,9-11H2,1H3,(H,17,21)(H,18,20). The molecule has 0 aliphatic carbocycles. The predicted molar refractivity (Wildman–Crippen MR) is 95.8 cm³/mol. The lowest BCUT2D eigenvalue weighted by Gasteiger charge is -2.07. The van der Waals surface area contributed by atoms with Gasteiger partial charge in [0.2, 0.25) is 15.9 Å². The molecule has 0 radical (unpaired) electrons. The maximum absolute atomic E-state index is 12.2. The van der Waals surface area contributed by atoms with Gasteiger partial charge in [-0.15, -0.1) is 11.3 Å². The van der Waals surface area contributed by atoms with Crippen LogP contribution < -0.4 is 15.4 Å². The first-order chi connectivity index (χ1) is 11.9. The van der Waals surface area contributed by atoms with Gasteiger partial charge in [-0.1, -0.05) is 18.2 Å². The fourth-order valence-corrected chi connectivity index (χ4v) is 4.31. The Morgan fingerprint density at radius 1 is 1.00 bits per heavy atom. The van der Waals surface area contributed by atoms with E-state index in [9.17, 15) is 18.0 Å². The highest BCUT2D eigenvalue weighted by molar-refractivity contribution is 7.91. The zero-order valence-electron chi connectivity index (χ0n) is 13.6. The van der Waals surface area contributed by atoms with Crippen LogP contribution in [0.25, 0.3) is 0 Å². The van der Waals surface area contributed by atoms with Crippen LogP contribution in [0.15, 0.2) is 46.7 Å². The molecule has 3 N–H and O–H groups in total. The van der Waals surface area contributed by atoms with Crippen molar-refractivity contribution in [2.45, 2.75) is 17.7 Å². The van der Waals surface area contributed by atoms with E-state index in [1.807, 2.05) is 6.07 Å². The Labute approximate surface area is 150 Å². The molecule has 0 aliphatic rings. The van der Waals surface area contributed by atoms with Gasteiger partial charge < -0.3 is 10.6 Å². The molecule has 0 aliphatic heterocycles. The summed E-state index contributed by atoms with van der Waals surface area (Å²) in [5.41, 5.74) is 0.520. The summed E-state index contributed by atoms with van der Waals surface area (Å²) in [5, 5.41) is 5.27. The van der Waals surface area contributed by atoms with Crippen molar-refractivity contribution in [3.63, 3.8) is 0 Å². The Morgan fingerprint density at radius 2 is 1.72 bits per heavy atom. The average molecular weight is 381 g/mol. The Kier molecular flexibility index (Phi) is 6.68. The third-order valence-electron chi connectivity index (χ3n) is 3.15. The molecular weight excluding hydrogens is 362 g/mol. The second-order valence-corrected chi connectivity index (χ2v) is 8.31. The molecule has 2 aromatic rings. The molecule has 0 bridgehead atoms. The molecular formula is C16H19N3O4S2. The van der Waals surface area contributed by atoms with Crippen molar-refractivity contribution in [3.05, 3.63) is 52.9 Å². The van der Waals surface area contributed by atoms with E-state index < -0.39 is 10.0 Å². The van der Waals surface area contributed by atoms with Crippen molar-refractivity contribution in [2.24, 2.45) is 0 Å². The topological polar surface area (TPSA) is 104 Å². The molecule has 1 aromatic carbocycles. The molecule has 0 saturated carbocycles. The van der Waals surface area contributed by atoms with Crippen LogP contribution in [0.3, 0.4) is 0 Å². The summed E-state index contributed by atoms with van der Waals surface area (Å²) < 4.78 is 27.0. The second-order valence-electron chi connectivity index (χ2n) is 5.15. The average Bonchev–Trinajstić information content (AvgIpc) is 3.07. The van der Waals surface area contributed by atoms with Crippen molar-refractivity contribution in [1.82, 2.24) is 15.4 Å². The number of sulfonamides is 1. The summed E-state index contributed by atoms with van der Waals surface area (Å²) in [6.45, 7) is 1.95. The van der Waals surface area contributed by atoms with E-state index in [-0.39, 0.29) is 29.1 Å². The minimum Gasteiger partial charge on any atom is -0.351 e. The summed E-state index contributed by atoms with van der Waals surface area (Å²) in [6.07, 6.45) is 0. The monoisotopic (exact) mass is 381 g/mol. The summed E-state index contributed by atoms with van der Waals surface area (Å²) >= 11 is 1.09. The van der Waals surface area contributed by atoms with E-state index in [0.29, 0.717) is 12.1 Å². The number of carbonyl (C=O) groups is 2. The fraction of sp³-hybridized carbons (Fsp3) is 0.250. The highest BCUT2D eigenvalue weighted by atomic mass is 32.2. The molecule has 0 fully saturated rings. The van der Waals surface area contributed by atoms with E-state index >= 15 is 0 Å². The first kappa shape index (κ1) is 19.1. The van der Waals surface area contributed by atoms with E-state index in [1.54, 1.807) is 30.3 Å². The Bertz CT molecular complexity index is 832. The quantitative estimate of drug-likeness (QED) is 0.596. The molecule has 134 valence electrons. The van der Waals surface area contributed by atoms with E-state index in [1.165, 1.54) is 13.0 Å². The minimum atomic E-state index is -3.64. The van der Waals surface area contributed by atoms with Gasteiger partial charge in [0, 0.05) is 30.5 Å².